The van der Waals surface area contributed by atoms with E-state index in [2.05, 4.69) is 25.5 Å². The second-order valence-electron chi connectivity index (χ2n) is 5.07. The summed E-state index contributed by atoms with van der Waals surface area (Å²) in [5.74, 6) is 0.927. The van der Waals surface area contributed by atoms with Crippen LogP contribution in [0.5, 0.6) is 0 Å². The molecule has 3 heterocycles. The number of anilines is 1. The maximum atomic E-state index is 12.3. The first kappa shape index (κ1) is 11.3. The van der Waals surface area contributed by atoms with Crippen LogP contribution in [0.1, 0.15) is 36.6 Å². The maximum Gasteiger partial charge on any atom is 0.270 e. The van der Waals surface area contributed by atoms with Gasteiger partial charge in [-0.15, -0.1) is 0 Å². The minimum absolute atomic E-state index is 0.0893. The predicted octanol–water partition coefficient (Wildman–Crippen LogP) is 0.991. The molecule has 4 N–H and O–H groups in total. The van der Waals surface area contributed by atoms with E-state index in [0.717, 1.165) is 18.5 Å². The van der Waals surface area contributed by atoms with Gasteiger partial charge in [0.25, 0.3) is 5.56 Å². The number of fused-ring (bicyclic) bond motifs is 1. The van der Waals surface area contributed by atoms with E-state index in [1.54, 1.807) is 12.4 Å². The number of carbonyl (C=O) groups is 1. The van der Waals surface area contributed by atoms with Gasteiger partial charge in [-0.05, 0) is 12.8 Å². The first-order valence-corrected chi connectivity index (χ1v) is 6.59. The summed E-state index contributed by atoms with van der Waals surface area (Å²) in [5.41, 5.74) is 1.86. The van der Waals surface area contributed by atoms with E-state index in [1.165, 1.54) is 0 Å². The number of nitrogens with zero attached hydrogens (tertiary/aromatic N) is 1. The number of hydrogen-bond donors (Lipinski definition) is 4. The van der Waals surface area contributed by atoms with Gasteiger partial charge in [0.15, 0.2) is 5.78 Å². The van der Waals surface area contributed by atoms with Gasteiger partial charge >= 0.3 is 0 Å². The van der Waals surface area contributed by atoms with Crippen molar-refractivity contribution in [3.8, 4) is 0 Å². The average molecular weight is 271 g/mol. The minimum Gasteiger partial charge on any atom is -0.348 e. The van der Waals surface area contributed by atoms with E-state index in [9.17, 15) is 9.59 Å². The number of aromatic amines is 3. The summed E-state index contributed by atoms with van der Waals surface area (Å²) in [6.07, 6.45) is 5.50. The molecule has 2 aliphatic rings. The highest BCUT2D eigenvalue weighted by molar-refractivity contribution is 6.00. The molecule has 0 saturated carbocycles. The number of allylic oxidation sites excluding steroid dienone is 2. The fourth-order valence-corrected chi connectivity index (χ4v) is 3.07. The molecule has 7 heteroatoms. The van der Waals surface area contributed by atoms with Crippen molar-refractivity contribution in [1.82, 2.24) is 20.2 Å². The van der Waals surface area contributed by atoms with Crippen LogP contribution in [0.15, 0.2) is 28.5 Å². The van der Waals surface area contributed by atoms with Gasteiger partial charge in [0.05, 0.1) is 11.5 Å². The molecule has 1 atom stereocenters. The third kappa shape index (κ3) is 1.43. The monoisotopic (exact) mass is 271 g/mol. The standard InChI is InChI=1S/C13H13N5O2/c19-7-3-1-2-6-8(7)9(11-14-4-5-15-11)10-12(16-6)17-18-13(10)20/h4-5,9H,1-3H2,(H,14,15)(H3,16,17,18,20)/t9-/m1/s1. The van der Waals surface area contributed by atoms with Gasteiger partial charge < -0.3 is 10.3 Å². The van der Waals surface area contributed by atoms with Gasteiger partial charge in [-0.3, -0.25) is 19.8 Å². The highest BCUT2D eigenvalue weighted by Crippen LogP contribution is 2.41. The summed E-state index contributed by atoms with van der Waals surface area (Å²) in [5, 5.41) is 8.58. The zero-order chi connectivity index (χ0) is 13.7. The Balaban J connectivity index is 1.99. The molecule has 1 aliphatic carbocycles. The Morgan fingerprint density at radius 3 is 2.90 bits per heavy atom. The smallest absolute Gasteiger partial charge is 0.270 e. The van der Waals surface area contributed by atoms with Gasteiger partial charge in [-0.25, -0.2) is 4.98 Å². The molecule has 0 bridgehead atoms. The highest BCUT2D eigenvalue weighted by Gasteiger charge is 2.38. The largest absolute Gasteiger partial charge is 0.348 e. The zero-order valence-electron chi connectivity index (χ0n) is 10.6. The molecule has 0 aromatic carbocycles. The molecular weight excluding hydrogens is 258 g/mol. The molecule has 2 aromatic rings. The van der Waals surface area contributed by atoms with Gasteiger partial charge in [0.2, 0.25) is 0 Å². The van der Waals surface area contributed by atoms with Crippen LogP contribution >= 0.6 is 0 Å². The molecule has 1 aliphatic heterocycles. The van der Waals surface area contributed by atoms with E-state index < -0.39 is 5.92 Å². The number of nitrogens with one attached hydrogen (secondary N) is 4. The first-order valence-electron chi connectivity index (χ1n) is 6.59. The number of hydrogen-bond acceptors (Lipinski definition) is 4. The number of ketones is 1. The van der Waals surface area contributed by atoms with Crippen molar-refractivity contribution in [2.75, 3.05) is 5.32 Å². The van der Waals surface area contributed by atoms with Gasteiger partial charge in [0.1, 0.15) is 11.6 Å². The Hall–Kier alpha value is -2.57. The number of carbonyl (C=O) groups excluding carboxylic acids is 1. The highest BCUT2D eigenvalue weighted by atomic mass is 16.1. The Kier molecular flexibility index (Phi) is 2.23. The van der Waals surface area contributed by atoms with Crippen molar-refractivity contribution in [3.63, 3.8) is 0 Å². The lowest BCUT2D eigenvalue weighted by molar-refractivity contribution is -0.116. The topological polar surface area (TPSA) is 106 Å². The van der Waals surface area contributed by atoms with Crippen molar-refractivity contribution in [2.45, 2.75) is 25.2 Å². The number of Topliss-reactive ketones (excluding diaryl/α,β-unsaturated/α-hetero) is 1. The van der Waals surface area contributed by atoms with Gasteiger partial charge in [-0.1, -0.05) is 0 Å². The molecule has 0 unspecified atom stereocenters. The normalized spacial score (nSPS) is 21.4. The maximum absolute atomic E-state index is 12.3. The van der Waals surface area contributed by atoms with Gasteiger partial charge in [-0.2, -0.15) is 0 Å². The second kappa shape index (κ2) is 3.96. The van der Waals surface area contributed by atoms with Crippen LogP contribution in [0, 0.1) is 0 Å². The SMILES string of the molecule is O=C1CCCC2=C1[C@@H](c1ncc[nH]1)c1c([nH][nH]c1=O)N2. The Labute approximate surface area is 113 Å². The van der Waals surface area contributed by atoms with E-state index >= 15 is 0 Å². The van der Waals surface area contributed by atoms with Crippen LogP contribution in [0.25, 0.3) is 0 Å². The summed E-state index contributed by atoms with van der Waals surface area (Å²) in [7, 11) is 0. The number of imidazole rings is 1. The molecule has 20 heavy (non-hydrogen) atoms. The van der Waals surface area contributed by atoms with Crippen LogP contribution in [0.2, 0.25) is 0 Å². The zero-order valence-corrected chi connectivity index (χ0v) is 10.6. The summed E-state index contributed by atoms with van der Waals surface area (Å²) >= 11 is 0. The molecule has 2 aromatic heterocycles. The molecule has 0 amide bonds. The Morgan fingerprint density at radius 2 is 2.10 bits per heavy atom. The summed E-state index contributed by atoms with van der Waals surface area (Å²) in [6.45, 7) is 0. The summed E-state index contributed by atoms with van der Waals surface area (Å²) in [4.78, 5) is 31.6. The average Bonchev–Trinajstić information content (AvgIpc) is 3.08. The van der Waals surface area contributed by atoms with Crippen LogP contribution in [-0.4, -0.2) is 25.9 Å². The fraction of sp³-hybridized carbons (Fsp3) is 0.308. The molecule has 0 spiro atoms. The first-order chi connectivity index (χ1) is 9.75. The predicted molar refractivity (Wildman–Crippen MR) is 71.4 cm³/mol. The fourth-order valence-electron chi connectivity index (χ4n) is 3.07. The van der Waals surface area contributed by atoms with Crippen molar-refractivity contribution in [2.24, 2.45) is 0 Å². The van der Waals surface area contributed by atoms with E-state index in [0.29, 0.717) is 29.2 Å². The van der Waals surface area contributed by atoms with E-state index in [1.807, 2.05) is 0 Å². The number of aromatic nitrogens is 4. The van der Waals surface area contributed by atoms with Crippen LogP contribution in [-0.2, 0) is 4.79 Å². The third-order valence-corrected chi connectivity index (χ3v) is 3.92. The Bertz CT molecular complexity index is 765. The van der Waals surface area contributed by atoms with Crippen molar-refractivity contribution >= 4 is 11.6 Å². The quantitative estimate of drug-likeness (QED) is 0.620. The molecular formula is C13H13N5O2. The molecule has 4 rings (SSSR count). The van der Waals surface area contributed by atoms with Crippen LogP contribution in [0.3, 0.4) is 0 Å². The van der Waals surface area contributed by atoms with Gasteiger partial charge in [0, 0.05) is 30.1 Å². The lowest BCUT2D eigenvalue weighted by Gasteiger charge is -2.29. The lowest BCUT2D eigenvalue weighted by Crippen LogP contribution is -2.29. The lowest BCUT2D eigenvalue weighted by atomic mass is 9.80. The molecule has 0 saturated heterocycles. The summed E-state index contributed by atoms with van der Waals surface area (Å²) in [6, 6.07) is 0. The molecule has 7 nitrogen and oxygen atoms in total. The molecule has 0 radical (unpaired) electrons. The molecule has 102 valence electrons. The molecule has 0 fully saturated rings. The van der Waals surface area contributed by atoms with E-state index in [4.69, 9.17) is 0 Å². The minimum atomic E-state index is -0.418. The van der Waals surface area contributed by atoms with E-state index in [-0.39, 0.29) is 11.3 Å². The van der Waals surface area contributed by atoms with Crippen LogP contribution < -0.4 is 10.9 Å². The Morgan fingerprint density at radius 1 is 1.20 bits per heavy atom. The third-order valence-electron chi connectivity index (χ3n) is 3.92. The van der Waals surface area contributed by atoms with Crippen LogP contribution in [0.4, 0.5) is 5.82 Å². The van der Waals surface area contributed by atoms with Crippen molar-refractivity contribution in [1.29, 1.82) is 0 Å². The number of H-pyrrole nitrogens is 3. The van der Waals surface area contributed by atoms with Crippen molar-refractivity contribution < 1.29 is 4.79 Å². The van der Waals surface area contributed by atoms with Crippen molar-refractivity contribution in [3.05, 3.63) is 45.4 Å². The number of rotatable bonds is 1. The second-order valence-corrected chi connectivity index (χ2v) is 5.07. The summed E-state index contributed by atoms with van der Waals surface area (Å²) < 4.78 is 0.